The molecular weight excluding hydrogens is 392 g/mol. The maximum Gasteiger partial charge on any atom is 0.266 e. The minimum absolute atomic E-state index is 0.277. The van der Waals surface area contributed by atoms with E-state index in [1.54, 1.807) is 19.1 Å². The van der Waals surface area contributed by atoms with E-state index in [-0.39, 0.29) is 5.91 Å². The zero-order valence-electron chi connectivity index (χ0n) is 15.4. The number of aryl methyl sites for hydroxylation is 1. The molecule has 1 heterocycles. The maximum atomic E-state index is 12.3. The number of nitrogens with zero attached hydrogens (tertiary/aromatic N) is 3. The van der Waals surface area contributed by atoms with Gasteiger partial charge in [0.2, 0.25) is 5.13 Å². The molecule has 8 heteroatoms. The minimum Gasteiger partial charge on any atom is -0.481 e. The lowest BCUT2D eigenvalue weighted by Gasteiger charge is -2.13. The molecule has 0 aliphatic rings. The lowest BCUT2D eigenvalue weighted by Crippen LogP contribution is -2.30. The number of benzene rings is 2. The predicted molar refractivity (Wildman–Crippen MR) is 111 cm³/mol. The molecule has 0 fully saturated rings. The van der Waals surface area contributed by atoms with E-state index in [4.69, 9.17) is 10.00 Å². The molecule has 0 aliphatic heterocycles. The summed E-state index contributed by atoms with van der Waals surface area (Å²) in [6.45, 7) is 3.66. The van der Waals surface area contributed by atoms with Gasteiger partial charge in [0.25, 0.3) is 5.91 Å². The van der Waals surface area contributed by atoms with E-state index in [9.17, 15) is 4.79 Å². The largest absolute Gasteiger partial charge is 0.481 e. The van der Waals surface area contributed by atoms with Crippen LogP contribution in [0.1, 0.15) is 23.6 Å². The SMILES string of the molecule is Cc1cccc(O[C@@H](C)C(=O)Nc2nnc(SCc3ccc(C#N)cc3)s2)c1. The lowest BCUT2D eigenvalue weighted by atomic mass is 10.2. The molecule has 0 spiro atoms. The molecule has 0 unspecified atom stereocenters. The second-order valence-corrected chi connectivity index (χ2v) is 8.24. The molecule has 0 saturated carbocycles. The van der Waals surface area contributed by atoms with E-state index in [1.165, 1.54) is 23.1 Å². The Bertz CT molecular complexity index is 996. The van der Waals surface area contributed by atoms with Crippen molar-refractivity contribution in [3.63, 3.8) is 0 Å². The van der Waals surface area contributed by atoms with Crippen molar-refractivity contribution in [2.24, 2.45) is 0 Å². The van der Waals surface area contributed by atoms with Gasteiger partial charge >= 0.3 is 0 Å². The van der Waals surface area contributed by atoms with Crippen LogP contribution in [-0.2, 0) is 10.5 Å². The third kappa shape index (κ3) is 5.55. The Labute approximate surface area is 171 Å². The van der Waals surface area contributed by atoms with Gasteiger partial charge in [-0.2, -0.15) is 5.26 Å². The van der Waals surface area contributed by atoms with Crippen molar-refractivity contribution in [2.45, 2.75) is 30.0 Å². The zero-order valence-corrected chi connectivity index (χ0v) is 17.0. The summed E-state index contributed by atoms with van der Waals surface area (Å²) in [5.74, 6) is 1.08. The number of hydrogen-bond donors (Lipinski definition) is 1. The Morgan fingerprint density at radius 2 is 2.07 bits per heavy atom. The number of thioether (sulfide) groups is 1. The molecule has 0 aliphatic carbocycles. The van der Waals surface area contributed by atoms with Gasteiger partial charge in [-0.1, -0.05) is 47.4 Å². The summed E-state index contributed by atoms with van der Waals surface area (Å²) in [5.41, 5.74) is 2.79. The Hall–Kier alpha value is -2.89. The number of carbonyl (C=O) groups is 1. The van der Waals surface area contributed by atoms with Crippen LogP contribution in [0, 0.1) is 18.3 Å². The highest BCUT2D eigenvalue weighted by Crippen LogP contribution is 2.28. The van der Waals surface area contributed by atoms with Crippen LogP contribution in [0.4, 0.5) is 5.13 Å². The molecule has 1 N–H and O–H groups in total. The Kier molecular flexibility index (Phi) is 6.63. The van der Waals surface area contributed by atoms with Crippen molar-refractivity contribution < 1.29 is 9.53 Å². The number of anilines is 1. The molecule has 1 amide bonds. The summed E-state index contributed by atoms with van der Waals surface area (Å²) in [5, 5.41) is 20.1. The number of hydrogen-bond acceptors (Lipinski definition) is 7. The van der Waals surface area contributed by atoms with Gasteiger partial charge in [0.1, 0.15) is 5.75 Å². The summed E-state index contributed by atoms with van der Waals surface area (Å²) < 4.78 is 6.43. The van der Waals surface area contributed by atoms with Gasteiger partial charge in [0.05, 0.1) is 11.6 Å². The van der Waals surface area contributed by atoms with Crippen molar-refractivity contribution in [3.05, 3.63) is 65.2 Å². The van der Waals surface area contributed by atoms with Crippen LogP contribution < -0.4 is 10.1 Å². The first-order chi connectivity index (χ1) is 13.5. The first kappa shape index (κ1) is 19.9. The van der Waals surface area contributed by atoms with Crippen LogP contribution in [0.3, 0.4) is 0 Å². The number of amides is 1. The average molecular weight is 411 g/mol. The summed E-state index contributed by atoms with van der Waals surface area (Å²) >= 11 is 2.84. The average Bonchev–Trinajstić information content (AvgIpc) is 3.14. The normalized spacial score (nSPS) is 11.5. The van der Waals surface area contributed by atoms with Gasteiger partial charge in [-0.15, -0.1) is 10.2 Å². The molecule has 3 rings (SSSR count). The van der Waals surface area contributed by atoms with Crippen molar-refractivity contribution in [3.8, 4) is 11.8 Å². The monoisotopic (exact) mass is 410 g/mol. The van der Waals surface area contributed by atoms with Crippen LogP contribution in [0.5, 0.6) is 5.75 Å². The minimum atomic E-state index is -0.652. The highest BCUT2D eigenvalue weighted by molar-refractivity contribution is 8.00. The molecule has 1 atom stereocenters. The lowest BCUT2D eigenvalue weighted by molar-refractivity contribution is -0.122. The van der Waals surface area contributed by atoms with E-state index < -0.39 is 6.10 Å². The number of carbonyl (C=O) groups excluding carboxylic acids is 1. The smallest absolute Gasteiger partial charge is 0.266 e. The summed E-state index contributed by atoms with van der Waals surface area (Å²) in [4.78, 5) is 12.3. The van der Waals surface area contributed by atoms with Crippen molar-refractivity contribution in [1.29, 1.82) is 5.26 Å². The fraction of sp³-hybridized carbons (Fsp3) is 0.200. The highest BCUT2D eigenvalue weighted by Gasteiger charge is 2.17. The fourth-order valence-electron chi connectivity index (χ4n) is 2.29. The van der Waals surface area contributed by atoms with Gasteiger partial charge in [-0.05, 0) is 49.2 Å². The third-order valence-electron chi connectivity index (χ3n) is 3.75. The number of rotatable bonds is 7. The van der Waals surface area contributed by atoms with E-state index in [1.807, 2.05) is 43.3 Å². The fourth-order valence-corrected chi connectivity index (χ4v) is 4.00. The Morgan fingerprint density at radius 3 is 2.79 bits per heavy atom. The van der Waals surface area contributed by atoms with Gasteiger partial charge in [-0.3, -0.25) is 10.1 Å². The van der Waals surface area contributed by atoms with Gasteiger partial charge in [0, 0.05) is 5.75 Å². The number of aromatic nitrogens is 2. The molecule has 0 bridgehead atoms. The van der Waals surface area contributed by atoms with Crippen LogP contribution in [0.25, 0.3) is 0 Å². The number of nitrogens with one attached hydrogen (secondary N) is 1. The van der Waals surface area contributed by atoms with Crippen LogP contribution in [0.15, 0.2) is 52.9 Å². The predicted octanol–water partition coefficient (Wildman–Crippen LogP) is 4.42. The second-order valence-electron chi connectivity index (χ2n) is 6.04. The van der Waals surface area contributed by atoms with Crippen molar-refractivity contribution in [2.75, 3.05) is 5.32 Å². The van der Waals surface area contributed by atoms with Crippen molar-refractivity contribution >= 4 is 34.1 Å². The van der Waals surface area contributed by atoms with E-state index >= 15 is 0 Å². The molecule has 1 aromatic heterocycles. The summed E-state index contributed by atoms with van der Waals surface area (Å²) in [7, 11) is 0. The second kappa shape index (κ2) is 9.35. The molecule has 2 aromatic carbocycles. The van der Waals surface area contributed by atoms with Gasteiger partial charge < -0.3 is 4.74 Å². The molecule has 6 nitrogen and oxygen atoms in total. The molecule has 142 valence electrons. The Balaban J connectivity index is 1.51. The first-order valence-electron chi connectivity index (χ1n) is 8.53. The van der Waals surface area contributed by atoms with Crippen molar-refractivity contribution in [1.82, 2.24) is 10.2 Å². The van der Waals surface area contributed by atoms with Crippen LogP contribution >= 0.6 is 23.1 Å². The molecular formula is C20H18N4O2S2. The third-order valence-corrected chi connectivity index (χ3v) is 5.80. The first-order valence-corrected chi connectivity index (χ1v) is 10.3. The highest BCUT2D eigenvalue weighted by atomic mass is 32.2. The standard InChI is InChI=1S/C20H18N4O2S2/c1-13-4-3-5-17(10-13)26-14(2)18(25)22-19-23-24-20(28-19)27-12-16-8-6-15(11-21)7-9-16/h3-10,14H,12H2,1-2H3,(H,22,23,25)/t14-/m0/s1. The van der Waals surface area contributed by atoms with E-state index in [0.29, 0.717) is 22.2 Å². The molecule has 0 saturated heterocycles. The topological polar surface area (TPSA) is 87.9 Å². The Morgan fingerprint density at radius 1 is 1.29 bits per heavy atom. The molecule has 0 radical (unpaired) electrons. The summed E-state index contributed by atoms with van der Waals surface area (Å²) in [6.07, 6.45) is -0.652. The van der Waals surface area contributed by atoms with Crippen LogP contribution in [-0.4, -0.2) is 22.2 Å². The van der Waals surface area contributed by atoms with Crippen LogP contribution in [0.2, 0.25) is 0 Å². The molecule has 28 heavy (non-hydrogen) atoms. The quantitative estimate of drug-likeness (QED) is 0.458. The zero-order chi connectivity index (χ0) is 19.9. The molecule has 3 aromatic rings. The summed E-state index contributed by atoms with van der Waals surface area (Å²) in [6, 6.07) is 17.1. The van der Waals surface area contributed by atoms with E-state index in [0.717, 1.165) is 15.5 Å². The number of nitriles is 1. The van der Waals surface area contributed by atoms with Gasteiger partial charge in [0.15, 0.2) is 10.4 Å². The van der Waals surface area contributed by atoms with Gasteiger partial charge in [-0.25, -0.2) is 0 Å². The van der Waals surface area contributed by atoms with E-state index in [2.05, 4.69) is 21.6 Å². The number of ether oxygens (including phenoxy) is 1. The maximum absolute atomic E-state index is 12.3.